The van der Waals surface area contributed by atoms with Crippen LogP contribution in [0.5, 0.6) is 0 Å². The van der Waals surface area contributed by atoms with Gasteiger partial charge >= 0.3 is 0 Å². The minimum atomic E-state index is -0.226. The van der Waals surface area contributed by atoms with Crippen molar-refractivity contribution in [2.45, 2.75) is 26.4 Å². The van der Waals surface area contributed by atoms with Crippen molar-refractivity contribution in [3.63, 3.8) is 0 Å². The van der Waals surface area contributed by atoms with Gasteiger partial charge in [-0.2, -0.15) is 0 Å². The van der Waals surface area contributed by atoms with E-state index in [1.807, 2.05) is 18.4 Å². The van der Waals surface area contributed by atoms with Gasteiger partial charge in [-0.05, 0) is 43.1 Å². The molecule has 0 saturated heterocycles. The SMILES string of the molecule is CCN(Cc1cccs1)C(C)C(=O)c1ccc(Cl)cc1Cl. The number of carbonyl (C=O) groups excluding carboxylic acids is 1. The quantitative estimate of drug-likeness (QED) is 0.677. The topological polar surface area (TPSA) is 20.3 Å². The molecule has 0 fully saturated rings. The molecule has 1 heterocycles. The van der Waals surface area contributed by atoms with Crippen molar-refractivity contribution in [3.05, 3.63) is 56.2 Å². The fourth-order valence-electron chi connectivity index (χ4n) is 2.21. The highest BCUT2D eigenvalue weighted by atomic mass is 35.5. The van der Waals surface area contributed by atoms with Gasteiger partial charge in [0.1, 0.15) is 0 Å². The molecule has 1 aromatic heterocycles. The van der Waals surface area contributed by atoms with Crippen LogP contribution < -0.4 is 0 Å². The molecule has 0 bridgehead atoms. The zero-order valence-corrected chi connectivity index (χ0v) is 14.3. The molecule has 0 aliphatic heterocycles. The fourth-order valence-corrected chi connectivity index (χ4v) is 3.44. The summed E-state index contributed by atoms with van der Waals surface area (Å²) in [7, 11) is 0. The first-order chi connectivity index (χ1) is 10.0. The number of carbonyl (C=O) groups is 1. The van der Waals surface area contributed by atoms with Crippen LogP contribution in [0.4, 0.5) is 0 Å². The third kappa shape index (κ3) is 4.07. The summed E-state index contributed by atoms with van der Waals surface area (Å²) in [6.45, 7) is 5.55. The van der Waals surface area contributed by atoms with Crippen LogP contribution in [0.1, 0.15) is 29.1 Å². The predicted molar refractivity (Wildman–Crippen MR) is 90.7 cm³/mol. The van der Waals surface area contributed by atoms with Gasteiger partial charge in [-0.15, -0.1) is 11.3 Å². The maximum Gasteiger partial charge on any atom is 0.181 e. The highest BCUT2D eigenvalue weighted by molar-refractivity contribution is 7.09. The van der Waals surface area contributed by atoms with E-state index in [9.17, 15) is 4.79 Å². The molecule has 0 aliphatic rings. The number of Topliss-reactive ketones (excluding diaryl/α,β-unsaturated/α-hetero) is 1. The smallest absolute Gasteiger partial charge is 0.181 e. The van der Waals surface area contributed by atoms with E-state index < -0.39 is 0 Å². The number of ketones is 1. The molecule has 0 spiro atoms. The van der Waals surface area contributed by atoms with Crippen molar-refractivity contribution in [2.24, 2.45) is 0 Å². The van der Waals surface area contributed by atoms with Crippen molar-refractivity contribution in [1.29, 1.82) is 0 Å². The number of nitrogens with zero attached hydrogens (tertiary/aromatic N) is 1. The maximum atomic E-state index is 12.6. The molecule has 2 rings (SSSR count). The highest BCUT2D eigenvalue weighted by Crippen LogP contribution is 2.24. The largest absolute Gasteiger partial charge is 0.292 e. The Morgan fingerprint density at radius 2 is 2.10 bits per heavy atom. The summed E-state index contributed by atoms with van der Waals surface area (Å²) in [5, 5.41) is 2.99. The molecular formula is C16H17Cl2NOS. The average Bonchev–Trinajstić information content (AvgIpc) is 2.96. The van der Waals surface area contributed by atoms with E-state index >= 15 is 0 Å². The zero-order chi connectivity index (χ0) is 15.4. The van der Waals surface area contributed by atoms with E-state index in [4.69, 9.17) is 23.2 Å². The van der Waals surface area contributed by atoms with Gasteiger partial charge in [0.2, 0.25) is 0 Å². The Morgan fingerprint density at radius 3 is 2.67 bits per heavy atom. The Labute approximate surface area is 139 Å². The van der Waals surface area contributed by atoms with E-state index in [2.05, 4.69) is 17.9 Å². The molecular weight excluding hydrogens is 325 g/mol. The molecule has 1 atom stereocenters. The normalized spacial score (nSPS) is 12.6. The predicted octanol–water partition coefficient (Wildman–Crippen LogP) is 5.15. The second-order valence-electron chi connectivity index (χ2n) is 4.81. The lowest BCUT2D eigenvalue weighted by Gasteiger charge is -2.26. The molecule has 0 aliphatic carbocycles. The molecule has 0 N–H and O–H groups in total. The molecule has 2 aromatic rings. The first-order valence-electron chi connectivity index (χ1n) is 6.78. The van der Waals surface area contributed by atoms with Gasteiger partial charge in [0.25, 0.3) is 0 Å². The van der Waals surface area contributed by atoms with Gasteiger partial charge in [0.05, 0.1) is 11.1 Å². The summed E-state index contributed by atoms with van der Waals surface area (Å²) in [5.41, 5.74) is 0.526. The summed E-state index contributed by atoms with van der Waals surface area (Å²) >= 11 is 13.7. The molecule has 21 heavy (non-hydrogen) atoms. The van der Waals surface area contributed by atoms with Crippen molar-refractivity contribution < 1.29 is 4.79 Å². The Morgan fingerprint density at radius 1 is 1.33 bits per heavy atom. The minimum Gasteiger partial charge on any atom is -0.292 e. The van der Waals surface area contributed by atoms with E-state index in [0.717, 1.165) is 13.1 Å². The van der Waals surface area contributed by atoms with E-state index in [0.29, 0.717) is 15.6 Å². The van der Waals surface area contributed by atoms with Crippen molar-refractivity contribution in [1.82, 2.24) is 4.90 Å². The molecule has 5 heteroatoms. The minimum absolute atomic E-state index is 0.0232. The lowest BCUT2D eigenvalue weighted by molar-refractivity contribution is 0.0837. The second-order valence-corrected chi connectivity index (χ2v) is 6.68. The molecule has 0 amide bonds. The zero-order valence-electron chi connectivity index (χ0n) is 12.0. The first kappa shape index (κ1) is 16.5. The molecule has 0 saturated carbocycles. The van der Waals surface area contributed by atoms with Crippen LogP contribution in [0.3, 0.4) is 0 Å². The van der Waals surface area contributed by atoms with Crippen molar-refractivity contribution in [2.75, 3.05) is 6.54 Å². The monoisotopic (exact) mass is 341 g/mol. The molecule has 112 valence electrons. The van der Waals surface area contributed by atoms with Crippen LogP contribution in [0.25, 0.3) is 0 Å². The maximum absolute atomic E-state index is 12.6. The molecule has 2 nitrogen and oxygen atoms in total. The number of benzene rings is 1. The third-order valence-corrected chi connectivity index (χ3v) is 4.88. The van der Waals surface area contributed by atoms with Crippen LogP contribution in [0.15, 0.2) is 35.7 Å². The van der Waals surface area contributed by atoms with Gasteiger partial charge in [-0.3, -0.25) is 9.69 Å². The lowest BCUT2D eigenvalue weighted by Crippen LogP contribution is -2.38. The fraction of sp³-hybridized carbons (Fsp3) is 0.312. The van der Waals surface area contributed by atoms with E-state index in [1.54, 1.807) is 29.5 Å². The first-order valence-corrected chi connectivity index (χ1v) is 8.42. The van der Waals surface area contributed by atoms with Crippen LogP contribution in [-0.4, -0.2) is 23.3 Å². The second kappa shape index (κ2) is 7.41. The van der Waals surface area contributed by atoms with Gasteiger partial charge < -0.3 is 0 Å². The summed E-state index contributed by atoms with van der Waals surface area (Å²) in [5.74, 6) is 0.0232. The van der Waals surface area contributed by atoms with Crippen LogP contribution in [-0.2, 0) is 6.54 Å². The summed E-state index contributed by atoms with van der Waals surface area (Å²) in [4.78, 5) is 16.0. The number of hydrogen-bond acceptors (Lipinski definition) is 3. The van der Waals surface area contributed by atoms with Gasteiger partial charge in [0.15, 0.2) is 5.78 Å². The molecule has 0 radical (unpaired) electrons. The number of hydrogen-bond donors (Lipinski definition) is 0. The van der Waals surface area contributed by atoms with Gasteiger partial charge in [-0.1, -0.05) is 36.2 Å². The molecule has 1 aromatic carbocycles. The summed E-state index contributed by atoms with van der Waals surface area (Å²) < 4.78 is 0. The third-order valence-electron chi connectivity index (χ3n) is 3.47. The van der Waals surface area contributed by atoms with Gasteiger partial charge in [0, 0.05) is 22.0 Å². The average molecular weight is 342 g/mol. The van der Waals surface area contributed by atoms with Crippen LogP contribution in [0, 0.1) is 0 Å². The summed E-state index contributed by atoms with van der Waals surface area (Å²) in [6.07, 6.45) is 0. The number of likely N-dealkylation sites (N-methyl/N-ethyl adjacent to an activating group) is 1. The van der Waals surface area contributed by atoms with Crippen molar-refractivity contribution >= 4 is 40.3 Å². The Kier molecular flexibility index (Phi) is 5.82. The van der Waals surface area contributed by atoms with Gasteiger partial charge in [-0.25, -0.2) is 0 Å². The number of rotatable bonds is 6. The van der Waals surface area contributed by atoms with Crippen molar-refractivity contribution in [3.8, 4) is 0 Å². The van der Waals surface area contributed by atoms with Crippen LogP contribution >= 0.6 is 34.5 Å². The Hall–Kier alpha value is -0.870. The van der Waals surface area contributed by atoms with E-state index in [-0.39, 0.29) is 11.8 Å². The summed E-state index contributed by atoms with van der Waals surface area (Å²) in [6, 6.07) is 8.89. The number of thiophene rings is 1. The lowest BCUT2D eigenvalue weighted by atomic mass is 10.0. The molecule has 1 unspecified atom stereocenters. The number of halogens is 2. The standard InChI is InChI=1S/C16H17Cl2NOS/c1-3-19(10-13-5-4-8-21-13)11(2)16(20)14-7-6-12(17)9-15(14)18/h4-9,11H,3,10H2,1-2H3. The van der Waals surface area contributed by atoms with Crippen LogP contribution in [0.2, 0.25) is 10.0 Å². The Balaban J connectivity index is 2.16. The van der Waals surface area contributed by atoms with E-state index in [1.165, 1.54) is 4.88 Å². The Bertz CT molecular complexity index is 613. The highest BCUT2D eigenvalue weighted by Gasteiger charge is 2.23.